The van der Waals surface area contributed by atoms with E-state index >= 15 is 0 Å². The third-order valence-corrected chi connectivity index (χ3v) is 3.98. The molecule has 0 aliphatic heterocycles. The fourth-order valence-electron chi connectivity index (χ4n) is 2.88. The van der Waals surface area contributed by atoms with Gasteiger partial charge in [-0.05, 0) is 44.4 Å². The van der Waals surface area contributed by atoms with Crippen molar-refractivity contribution in [3.63, 3.8) is 0 Å². The van der Waals surface area contributed by atoms with Crippen molar-refractivity contribution in [1.29, 1.82) is 0 Å². The monoisotopic (exact) mass is 304 g/mol. The number of hydrogen-bond donors (Lipinski definition) is 0. The molecule has 1 atom stereocenters. The van der Waals surface area contributed by atoms with E-state index in [9.17, 15) is 4.79 Å². The second kappa shape index (κ2) is 6.86. The first-order valence-electron chi connectivity index (χ1n) is 7.60. The lowest BCUT2D eigenvalue weighted by Gasteiger charge is -2.28. The van der Waals surface area contributed by atoms with Crippen molar-refractivity contribution in [2.24, 2.45) is 0 Å². The molecule has 0 amide bonds. The number of carbonyl (C=O) groups is 1. The first-order chi connectivity index (χ1) is 10.5. The molecule has 2 rings (SSSR count). The summed E-state index contributed by atoms with van der Waals surface area (Å²) in [6.45, 7) is 3.96. The van der Waals surface area contributed by atoms with Gasteiger partial charge in [0.25, 0.3) is 0 Å². The Hall–Kier alpha value is -1.97. The highest BCUT2D eigenvalue weighted by Crippen LogP contribution is 2.42. The lowest BCUT2D eigenvalue weighted by Crippen LogP contribution is -2.25. The molecule has 0 aromatic heterocycles. The van der Waals surface area contributed by atoms with Gasteiger partial charge in [-0.25, -0.2) is 0 Å². The number of methoxy groups -OCH3 is 2. The van der Waals surface area contributed by atoms with Crippen LogP contribution in [0.4, 0.5) is 0 Å². The average Bonchev–Trinajstić information content (AvgIpc) is 2.96. The Morgan fingerprint density at radius 3 is 2.59 bits per heavy atom. The Balaban J connectivity index is 2.36. The molecule has 22 heavy (non-hydrogen) atoms. The van der Waals surface area contributed by atoms with Gasteiger partial charge in [0.05, 0.1) is 26.7 Å². The molecule has 0 saturated carbocycles. The van der Waals surface area contributed by atoms with Gasteiger partial charge in [-0.2, -0.15) is 0 Å². The maximum absolute atomic E-state index is 11.8. The molecule has 0 radical (unpaired) electrons. The van der Waals surface area contributed by atoms with Gasteiger partial charge in [0.2, 0.25) is 0 Å². The van der Waals surface area contributed by atoms with Crippen LogP contribution in [0.15, 0.2) is 30.4 Å². The minimum Gasteiger partial charge on any atom is -0.493 e. The van der Waals surface area contributed by atoms with E-state index < -0.39 is 0 Å². The summed E-state index contributed by atoms with van der Waals surface area (Å²) in [6.07, 6.45) is 6.51. The van der Waals surface area contributed by atoms with Crippen LogP contribution < -0.4 is 9.47 Å². The molecule has 0 bridgehead atoms. The molecule has 1 aromatic carbocycles. The fourth-order valence-corrected chi connectivity index (χ4v) is 2.88. The molecule has 1 aliphatic carbocycles. The molecule has 0 heterocycles. The minimum absolute atomic E-state index is 0.0788. The summed E-state index contributed by atoms with van der Waals surface area (Å²) < 4.78 is 16.1. The third-order valence-electron chi connectivity index (χ3n) is 3.98. The molecule has 0 N–H and O–H groups in total. The van der Waals surface area contributed by atoms with E-state index in [1.807, 2.05) is 32.0 Å². The normalized spacial score (nSPS) is 20.2. The highest BCUT2D eigenvalue weighted by molar-refractivity contribution is 5.72. The smallest absolute Gasteiger partial charge is 0.306 e. The fraction of sp³-hybridized carbons (Fsp3) is 0.500. The van der Waals surface area contributed by atoms with E-state index in [0.29, 0.717) is 12.2 Å². The van der Waals surface area contributed by atoms with Gasteiger partial charge in [-0.1, -0.05) is 18.2 Å². The molecular weight excluding hydrogens is 280 g/mol. The minimum atomic E-state index is -0.309. The molecule has 1 unspecified atom stereocenters. The van der Waals surface area contributed by atoms with Crippen LogP contribution in [-0.2, 0) is 14.9 Å². The van der Waals surface area contributed by atoms with E-state index in [2.05, 4.69) is 12.2 Å². The van der Waals surface area contributed by atoms with Crippen molar-refractivity contribution >= 4 is 5.97 Å². The number of hydrogen-bond acceptors (Lipinski definition) is 4. The lowest BCUT2D eigenvalue weighted by molar-refractivity contribution is -0.141. The summed E-state index contributed by atoms with van der Waals surface area (Å²) >= 11 is 0. The second-order valence-corrected chi connectivity index (χ2v) is 5.88. The second-order valence-electron chi connectivity index (χ2n) is 5.88. The number of carbonyl (C=O) groups excluding carboxylic acids is 1. The van der Waals surface area contributed by atoms with E-state index in [1.165, 1.54) is 7.11 Å². The molecular formula is C18H24O4. The van der Waals surface area contributed by atoms with Gasteiger partial charge < -0.3 is 14.2 Å². The molecule has 4 nitrogen and oxygen atoms in total. The zero-order valence-electron chi connectivity index (χ0n) is 13.7. The lowest BCUT2D eigenvalue weighted by atomic mass is 9.77. The van der Waals surface area contributed by atoms with Crippen LogP contribution in [0.5, 0.6) is 11.5 Å². The molecule has 1 aliphatic rings. The largest absolute Gasteiger partial charge is 0.493 e. The summed E-state index contributed by atoms with van der Waals surface area (Å²) in [4.78, 5) is 11.8. The van der Waals surface area contributed by atoms with Crippen molar-refractivity contribution in [1.82, 2.24) is 0 Å². The molecule has 120 valence electrons. The third kappa shape index (κ3) is 3.43. The Morgan fingerprint density at radius 2 is 2.05 bits per heavy atom. The summed E-state index contributed by atoms with van der Waals surface area (Å²) in [5, 5.41) is 0. The molecule has 0 spiro atoms. The number of rotatable bonds is 6. The standard InChI is InChI=1S/C18H24O4/c1-13(2)22-15-8-7-14(11-16(15)20-3)18(9-5-6-10-18)12-17(19)21-4/h5,7-9,11,13H,6,10,12H2,1-4H3. The Bertz CT molecular complexity index is 562. The zero-order valence-corrected chi connectivity index (χ0v) is 13.7. The Morgan fingerprint density at radius 1 is 1.27 bits per heavy atom. The molecule has 1 aromatic rings. The van der Waals surface area contributed by atoms with Crippen LogP contribution in [-0.4, -0.2) is 26.3 Å². The van der Waals surface area contributed by atoms with E-state index in [1.54, 1.807) is 7.11 Å². The zero-order chi connectivity index (χ0) is 16.2. The van der Waals surface area contributed by atoms with E-state index in [4.69, 9.17) is 14.2 Å². The van der Waals surface area contributed by atoms with Crippen LogP contribution in [0.2, 0.25) is 0 Å². The summed E-state index contributed by atoms with van der Waals surface area (Å²) in [6, 6.07) is 5.90. The Labute approximate surface area is 132 Å². The van der Waals surface area contributed by atoms with Gasteiger partial charge in [-0.3, -0.25) is 4.79 Å². The highest BCUT2D eigenvalue weighted by atomic mass is 16.5. The number of allylic oxidation sites excluding steroid dienone is 2. The topological polar surface area (TPSA) is 44.8 Å². The van der Waals surface area contributed by atoms with Gasteiger partial charge in [-0.15, -0.1) is 0 Å². The van der Waals surface area contributed by atoms with E-state index in [-0.39, 0.29) is 17.5 Å². The highest BCUT2D eigenvalue weighted by Gasteiger charge is 2.35. The van der Waals surface area contributed by atoms with Crippen LogP contribution in [0.25, 0.3) is 0 Å². The molecule has 0 saturated heterocycles. The van der Waals surface area contributed by atoms with Crippen LogP contribution >= 0.6 is 0 Å². The van der Waals surface area contributed by atoms with Crippen molar-refractivity contribution < 1.29 is 19.0 Å². The Kier molecular flexibility index (Phi) is 5.11. The average molecular weight is 304 g/mol. The number of esters is 1. The quantitative estimate of drug-likeness (QED) is 0.594. The predicted molar refractivity (Wildman–Crippen MR) is 85.4 cm³/mol. The van der Waals surface area contributed by atoms with Crippen molar-refractivity contribution in [3.8, 4) is 11.5 Å². The van der Waals surface area contributed by atoms with E-state index in [0.717, 1.165) is 24.2 Å². The van der Waals surface area contributed by atoms with Gasteiger partial charge in [0.1, 0.15) is 0 Å². The van der Waals surface area contributed by atoms with Crippen molar-refractivity contribution in [2.45, 2.75) is 44.6 Å². The summed E-state index contributed by atoms with van der Waals surface area (Å²) in [5.74, 6) is 1.21. The van der Waals surface area contributed by atoms with Gasteiger partial charge >= 0.3 is 5.97 Å². The first kappa shape index (κ1) is 16.4. The maximum Gasteiger partial charge on any atom is 0.306 e. The predicted octanol–water partition coefficient (Wildman–Crippen LogP) is 3.63. The van der Waals surface area contributed by atoms with Gasteiger partial charge in [0, 0.05) is 5.41 Å². The summed E-state index contributed by atoms with van der Waals surface area (Å²) in [5.41, 5.74) is 0.746. The van der Waals surface area contributed by atoms with Crippen LogP contribution in [0.1, 0.15) is 38.7 Å². The molecule has 0 fully saturated rings. The van der Waals surface area contributed by atoms with Crippen LogP contribution in [0.3, 0.4) is 0 Å². The van der Waals surface area contributed by atoms with Gasteiger partial charge in [0.15, 0.2) is 11.5 Å². The SMILES string of the molecule is COC(=O)CC1(c2ccc(OC(C)C)c(OC)c2)C=CCC1. The first-order valence-corrected chi connectivity index (χ1v) is 7.60. The van der Waals surface area contributed by atoms with Crippen molar-refractivity contribution in [2.75, 3.05) is 14.2 Å². The van der Waals surface area contributed by atoms with Crippen LogP contribution in [0, 0.1) is 0 Å². The maximum atomic E-state index is 11.8. The summed E-state index contributed by atoms with van der Waals surface area (Å²) in [7, 11) is 3.05. The van der Waals surface area contributed by atoms with Crippen molar-refractivity contribution in [3.05, 3.63) is 35.9 Å². The number of benzene rings is 1. The molecule has 4 heteroatoms. The number of ether oxygens (including phenoxy) is 3.